The first-order valence-corrected chi connectivity index (χ1v) is 9.55. The number of methoxy groups -OCH3 is 1. The zero-order chi connectivity index (χ0) is 19.4. The van der Waals surface area contributed by atoms with E-state index in [2.05, 4.69) is 5.32 Å². The van der Waals surface area contributed by atoms with Gasteiger partial charge in [-0.1, -0.05) is 18.2 Å². The Morgan fingerprint density at radius 2 is 1.89 bits per heavy atom. The molecule has 1 atom stereocenters. The lowest BCUT2D eigenvalue weighted by Crippen LogP contribution is -2.31. The van der Waals surface area contributed by atoms with Crippen LogP contribution in [0.5, 0.6) is 5.75 Å². The van der Waals surface area contributed by atoms with Crippen LogP contribution >= 0.6 is 0 Å². The molecule has 0 heterocycles. The summed E-state index contributed by atoms with van der Waals surface area (Å²) in [5, 5.41) is 3.48. The molecule has 1 amide bonds. The second kappa shape index (κ2) is 8.42. The van der Waals surface area contributed by atoms with Crippen molar-refractivity contribution in [3.63, 3.8) is 0 Å². The van der Waals surface area contributed by atoms with Crippen molar-refractivity contribution in [2.24, 2.45) is 0 Å². The molecule has 1 aliphatic carbocycles. The summed E-state index contributed by atoms with van der Waals surface area (Å²) >= 11 is 0. The molecule has 1 N–H and O–H groups in total. The molecule has 0 fully saturated rings. The first-order valence-electron chi connectivity index (χ1n) is 9.55. The molecule has 0 radical (unpaired) electrons. The lowest BCUT2D eigenvalue weighted by Gasteiger charge is -2.19. The predicted octanol–water partition coefficient (Wildman–Crippen LogP) is 4.34. The van der Waals surface area contributed by atoms with E-state index in [1.165, 1.54) is 7.11 Å². The zero-order valence-corrected chi connectivity index (χ0v) is 16.2. The minimum absolute atomic E-state index is 0.0866. The van der Waals surface area contributed by atoms with E-state index >= 15 is 0 Å². The highest BCUT2D eigenvalue weighted by Crippen LogP contribution is 2.38. The van der Waals surface area contributed by atoms with Gasteiger partial charge in [-0.2, -0.15) is 0 Å². The molecule has 0 aromatic heterocycles. The predicted molar refractivity (Wildman–Crippen MR) is 106 cm³/mol. The summed E-state index contributed by atoms with van der Waals surface area (Å²) in [7, 11) is 1.49. The van der Waals surface area contributed by atoms with E-state index in [1.807, 2.05) is 49.1 Å². The average molecular weight is 370 g/mol. The van der Waals surface area contributed by atoms with Crippen molar-refractivity contribution in [2.75, 3.05) is 25.5 Å². The van der Waals surface area contributed by atoms with E-state index in [9.17, 15) is 9.18 Å². The van der Waals surface area contributed by atoms with Gasteiger partial charge in [-0.05, 0) is 61.6 Å². The van der Waals surface area contributed by atoms with Crippen LogP contribution in [0.1, 0.15) is 43.0 Å². The Kier molecular flexibility index (Phi) is 5.99. The van der Waals surface area contributed by atoms with Crippen molar-refractivity contribution in [2.45, 2.75) is 39.2 Å². The Hall–Kier alpha value is -2.56. The fraction of sp³-hybridized carbons (Fsp3) is 0.409. The Labute approximate surface area is 160 Å². The molecule has 0 aliphatic heterocycles. The van der Waals surface area contributed by atoms with E-state index in [4.69, 9.17) is 4.74 Å². The van der Waals surface area contributed by atoms with Gasteiger partial charge >= 0.3 is 0 Å². The van der Waals surface area contributed by atoms with Gasteiger partial charge in [0.1, 0.15) is 0 Å². The van der Waals surface area contributed by atoms with Crippen LogP contribution < -0.4 is 10.1 Å². The molecule has 2 aromatic rings. The molecule has 0 saturated heterocycles. The van der Waals surface area contributed by atoms with Gasteiger partial charge in [-0.15, -0.1) is 0 Å². The van der Waals surface area contributed by atoms with Gasteiger partial charge in [0.2, 0.25) is 5.91 Å². The fourth-order valence-electron chi connectivity index (χ4n) is 3.73. The number of rotatable bonds is 7. The molecule has 2 aromatic carbocycles. The number of carbonyl (C=O) groups is 1. The number of benzene rings is 2. The summed E-state index contributed by atoms with van der Waals surface area (Å²) in [4.78, 5) is 14.1. The Balaban J connectivity index is 1.67. The summed E-state index contributed by atoms with van der Waals surface area (Å²) in [5.74, 6) is 0.205. The molecule has 1 unspecified atom stereocenters. The molecular weight excluding hydrogens is 343 g/mol. The standard InChI is InChI=1S/C22H27FN2O2/c1-4-25(5-2)21(26)14-15-6-8-16(9-7-15)24-19-12-10-18-17(19)11-13-20(27-3)22(18)23/h6-9,11,13,19,24H,4-5,10,12,14H2,1-3H3. The van der Waals surface area contributed by atoms with Gasteiger partial charge in [-0.25, -0.2) is 4.39 Å². The normalized spacial score (nSPS) is 15.3. The summed E-state index contributed by atoms with van der Waals surface area (Å²) in [5.41, 5.74) is 3.71. The van der Waals surface area contributed by atoms with Crippen LogP contribution in [0.15, 0.2) is 36.4 Å². The lowest BCUT2D eigenvalue weighted by molar-refractivity contribution is -0.130. The fourth-order valence-corrected chi connectivity index (χ4v) is 3.73. The molecule has 1 aliphatic rings. The average Bonchev–Trinajstić information content (AvgIpc) is 3.08. The van der Waals surface area contributed by atoms with Crippen LogP contribution in [0.3, 0.4) is 0 Å². The highest BCUT2D eigenvalue weighted by molar-refractivity contribution is 5.78. The Bertz CT molecular complexity index is 801. The van der Waals surface area contributed by atoms with E-state index in [1.54, 1.807) is 6.07 Å². The van der Waals surface area contributed by atoms with Crippen molar-refractivity contribution in [3.8, 4) is 5.75 Å². The van der Waals surface area contributed by atoms with Gasteiger partial charge in [-0.3, -0.25) is 4.79 Å². The maximum atomic E-state index is 14.4. The maximum absolute atomic E-state index is 14.4. The van der Waals surface area contributed by atoms with Gasteiger partial charge in [0.15, 0.2) is 11.6 Å². The highest BCUT2D eigenvalue weighted by Gasteiger charge is 2.26. The van der Waals surface area contributed by atoms with Gasteiger partial charge < -0.3 is 15.0 Å². The van der Waals surface area contributed by atoms with E-state index in [0.717, 1.165) is 41.9 Å². The third-order valence-corrected chi connectivity index (χ3v) is 5.29. The second-order valence-electron chi connectivity index (χ2n) is 6.82. The van der Waals surface area contributed by atoms with Crippen LogP contribution in [0.25, 0.3) is 0 Å². The Morgan fingerprint density at radius 1 is 1.19 bits per heavy atom. The summed E-state index contributed by atoms with van der Waals surface area (Å²) < 4.78 is 19.5. The summed E-state index contributed by atoms with van der Waals surface area (Å²) in [6.45, 7) is 5.45. The lowest BCUT2D eigenvalue weighted by atomic mass is 10.1. The van der Waals surface area contributed by atoms with Crippen LogP contribution in [0.4, 0.5) is 10.1 Å². The summed E-state index contributed by atoms with van der Waals surface area (Å²) in [6.07, 6.45) is 1.97. The topological polar surface area (TPSA) is 41.6 Å². The smallest absolute Gasteiger partial charge is 0.226 e. The number of nitrogens with one attached hydrogen (secondary N) is 1. The highest BCUT2D eigenvalue weighted by atomic mass is 19.1. The van der Waals surface area contributed by atoms with Crippen molar-refractivity contribution in [3.05, 3.63) is 58.9 Å². The molecule has 0 saturated carbocycles. The van der Waals surface area contributed by atoms with Crippen molar-refractivity contribution in [1.29, 1.82) is 0 Å². The quantitative estimate of drug-likeness (QED) is 0.788. The number of likely N-dealkylation sites (N-methyl/N-ethyl adjacent to an activating group) is 1. The number of ether oxygens (including phenoxy) is 1. The first kappa shape index (κ1) is 19.2. The Morgan fingerprint density at radius 3 is 2.52 bits per heavy atom. The second-order valence-corrected chi connectivity index (χ2v) is 6.82. The molecule has 27 heavy (non-hydrogen) atoms. The molecule has 3 rings (SSSR count). The SMILES string of the molecule is CCN(CC)C(=O)Cc1ccc(NC2CCc3c2ccc(OC)c3F)cc1. The number of carbonyl (C=O) groups excluding carboxylic acids is 1. The monoisotopic (exact) mass is 370 g/mol. The molecule has 5 heteroatoms. The third kappa shape index (κ3) is 4.07. The molecule has 4 nitrogen and oxygen atoms in total. The maximum Gasteiger partial charge on any atom is 0.226 e. The van der Waals surface area contributed by atoms with Crippen molar-refractivity contribution >= 4 is 11.6 Å². The summed E-state index contributed by atoms with van der Waals surface area (Å²) in [6, 6.07) is 11.7. The van der Waals surface area contributed by atoms with Gasteiger partial charge in [0.25, 0.3) is 0 Å². The first-order chi connectivity index (χ1) is 13.1. The van der Waals surface area contributed by atoms with Gasteiger partial charge in [0.05, 0.1) is 19.6 Å². The molecule has 144 valence electrons. The number of fused-ring (bicyclic) bond motifs is 1. The van der Waals surface area contributed by atoms with Crippen LogP contribution in [-0.2, 0) is 17.6 Å². The van der Waals surface area contributed by atoms with Crippen molar-refractivity contribution < 1.29 is 13.9 Å². The van der Waals surface area contributed by atoms with Crippen LogP contribution in [0, 0.1) is 5.82 Å². The number of amides is 1. The number of anilines is 1. The number of hydrogen-bond acceptors (Lipinski definition) is 3. The molecule has 0 bridgehead atoms. The molecule has 0 spiro atoms. The minimum Gasteiger partial charge on any atom is -0.494 e. The third-order valence-electron chi connectivity index (χ3n) is 5.29. The van der Waals surface area contributed by atoms with Gasteiger partial charge in [0, 0.05) is 18.8 Å². The van der Waals surface area contributed by atoms with E-state index < -0.39 is 0 Å². The van der Waals surface area contributed by atoms with Crippen LogP contribution in [0.2, 0.25) is 0 Å². The zero-order valence-electron chi connectivity index (χ0n) is 16.2. The van der Waals surface area contributed by atoms with E-state index in [-0.39, 0.29) is 17.8 Å². The largest absolute Gasteiger partial charge is 0.494 e. The van der Waals surface area contributed by atoms with E-state index in [0.29, 0.717) is 18.6 Å². The van der Waals surface area contributed by atoms with Crippen LogP contribution in [-0.4, -0.2) is 31.0 Å². The van der Waals surface area contributed by atoms with Crippen molar-refractivity contribution in [1.82, 2.24) is 4.90 Å². The minimum atomic E-state index is -0.246. The number of nitrogens with zero attached hydrogens (tertiary/aromatic N) is 1. The number of halogens is 1. The number of hydrogen-bond donors (Lipinski definition) is 1. The molecular formula is C22H27FN2O2.